The summed E-state index contributed by atoms with van der Waals surface area (Å²) >= 11 is 0. The lowest BCUT2D eigenvalue weighted by Gasteiger charge is -2.14. The quantitative estimate of drug-likeness (QED) is 0.408. The Balaban J connectivity index is 1.35. The zero-order valence-corrected chi connectivity index (χ0v) is 19.6. The standard InChI is InChI=1S/C26H23N7O3/c1-15-23-19(12-20(17-8-9-17)30-24(23)33(31-15)21-7-2-3-10-27-21)25(35)29-18-6-4-5-16(11-18)14-32-22(34)13-28-26(32)36/h2-7,10-12,17H,8-9,13-14H2,1H3,(H,28,36)(H,29,35). The normalized spacial score (nSPS) is 15.4. The maximum Gasteiger partial charge on any atom is 0.324 e. The number of rotatable bonds is 6. The van der Waals surface area contributed by atoms with E-state index in [1.807, 2.05) is 37.3 Å². The molecule has 4 amide bonds. The molecular weight excluding hydrogens is 458 g/mol. The van der Waals surface area contributed by atoms with Crippen molar-refractivity contribution >= 4 is 34.6 Å². The van der Waals surface area contributed by atoms with Crippen molar-refractivity contribution in [1.29, 1.82) is 0 Å². The summed E-state index contributed by atoms with van der Waals surface area (Å²) in [4.78, 5) is 47.8. The molecule has 10 nitrogen and oxygen atoms in total. The average molecular weight is 482 g/mol. The summed E-state index contributed by atoms with van der Waals surface area (Å²) in [6, 6.07) is 14.2. The van der Waals surface area contributed by atoms with Crippen molar-refractivity contribution in [3.8, 4) is 5.82 Å². The number of nitrogens with one attached hydrogen (secondary N) is 2. The minimum absolute atomic E-state index is 0.00215. The molecule has 36 heavy (non-hydrogen) atoms. The predicted octanol–water partition coefficient (Wildman–Crippen LogP) is 3.31. The van der Waals surface area contributed by atoms with Gasteiger partial charge in [0.25, 0.3) is 5.91 Å². The van der Waals surface area contributed by atoms with Crippen LogP contribution in [0.2, 0.25) is 0 Å². The Labute approximate surface area is 206 Å². The van der Waals surface area contributed by atoms with Gasteiger partial charge in [0, 0.05) is 23.5 Å². The maximum atomic E-state index is 13.6. The number of pyridine rings is 2. The van der Waals surface area contributed by atoms with Crippen LogP contribution in [0.4, 0.5) is 10.5 Å². The highest BCUT2D eigenvalue weighted by Gasteiger charge is 2.30. The highest BCUT2D eigenvalue weighted by atomic mass is 16.2. The van der Waals surface area contributed by atoms with Gasteiger partial charge >= 0.3 is 6.03 Å². The van der Waals surface area contributed by atoms with Gasteiger partial charge in [-0.3, -0.25) is 14.5 Å². The van der Waals surface area contributed by atoms with E-state index >= 15 is 0 Å². The van der Waals surface area contributed by atoms with Gasteiger partial charge in [0.15, 0.2) is 11.5 Å². The average Bonchev–Trinajstić information content (AvgIpc) is 3.63. The molecule has 0 unspecified atom stereocenters. The van der Waals surface area contributed by atoms with Crippen molar-refractivity contribution in [3.05, 3.63) is 77.2 Å². The minimum Gasteiger partial charge on any atom is -0.329 e. The molecule has 0 spiro atoms. The molecule has 1 aliphatic heterocycles. The number of carbonyl (C=O) groups excluding carboxylic acids is 3. The van der Waals surface area contributed by atoms with Crippen LogP contribution >= 0.6 is 0 Å². The number of nitrogens with zero attached hydrogens (tertiary/aromatic N) is 5. The molecule has 3 aromatic heterocycles. The number of fused-ring (bicyclic) bond motifs is 1. The van der Waals surface area contributed by atoms with Gasteiger partial charge < -0.3 is 10.6 Å². The molecule has 4 aromatic rings. The second-order valence-corrected chi connectivity index (χ2v) is 9.05. The molecule has 0 radical (unpaired) electrons. The molecule has 2 aliphatic rings. The van der Waals surface area contributed by atoms with Crippen LogP contribution < -0.4 is 10.6 Å². The lowest BCUT2D eigenvalue weighted by molar-refractivity contribution is -0.125. The Kier molecular flexibility index (Phi) is 5.21. The van der Waals surface area contributed by atoms with Gasteiger partial charge in [0.2, 0.25) is 5.91 Å². The zero-order valence-electron chi connectivity index (χ0n) is 19.6. The number of hydrogen-bond acceptors (Lipinski definition) is 6. The minimum atomic E-state index is -0.415. The molecule has 6 rings (SSSR count). The van der Waals surface area contributed by atoms with Crippen LogP contribution in [-0.4, -0.2) is 49.0 Å². The highest BCUT2D eigenvalue weighted by molar-refractivity contribution is 6.13. The molecule has 180 valence electrons. The number of urea groups is 1. The van der Waals surface area contributed by atoms with Crippen molar-refractivity contribution in [2.24, 2.45) is 0 Å². The molecule has 10 heteroatoms. The van der Waals surface area contributed by atoms with Crippen LogP contribution in [0.5, 0.6) is 0 Å². The SMILES string of the molecule is Cc1nn(-c2ccccn2)c2nc(C3CC3)cc(C(=O)Nc3cccc(CN4C(=O)CNC4=O)c3)c12. The maximum absolute atomic E-state index is 13.6. The summed E-state index contributed by atoms with van der Waals surface area (Å²) in [7, 11) is 0. The highest BCUT2D eigenvalue weighted by Crippen LogP contribution is 2.40. The van der Waals surface area contributed by atoms with Crippen LogP contribution in [0, 0.1) is 6.92 Å². The van der Waals surface area contributed by atoms with E-state index in [2.05, 4.69) is 20.7 Å². The van der Waals surface area contributed by atoms with Gasteiger partial charge in [-0.1, -0.05) is 18.2 Å². The Morgan fingerprint density at radius 3 is 2.72 bits per heavy atom. The molecule has 4 heterocycles. The van der Waals surface area contributed by atoms with Crippen LogP contribution in [0.15, 0.2) is 54.7 Å². The first kappa shape index (κ1) is 21.9. The van der Waals surface area contributed by atoms with Crippen molar-refractivity contribution < 1.29 is 14.4 Å². The zero-order chi connectivity index (χ0) is 24.8. The van der Waals surface area contributed by atoms with E-state index in [-0.39, 0.29) is 24.9 Å². The molecule has 1 aromatic carbocycles. The largest absolute Gasteiger partial charge is 0.329 e. The van der Waals surface area contributed by atoms with Crippen molar-refractivity contribution in [2.45, 2.75) is 32.2 Å². The number of aryl methyl sites for hydroxylation is 1. The lowest BCUT2D eigenvalue weighted by atomic mass is 10.1. The number of imide groups is 1. The molecule has 1 saturated carbocycles. The molecule has 1 saturated heterocycles. The third kappa shape index (κ3) is 3.96. The fourth-order valence-electron chi connectivity index (χ4n) is 4.46. The Morgan fingerprint density at radius 1 is 1.14 bits per heavy atom. The second-order valence-electron chi connectivity index (χ2n) is 9.05. The fraction of sp³-hybridized carbons (Fsp3) is 0.231. The van der Waals surface area contributed by atoms with E-state index < -0.39 is 6.03 Å². The molecule has 0 bridgehead atoms. The molecule has 2 fully saturated rings. The van der Waals surface area contributed by atoms with Gasteiger partial charge in [-0.05, 0) is 55.7 Å². The lowest BCUT2D eigenvalue weighted by Crippen LogP contribution is -2.30. The number of aromatic nitrogens is 4. The van der Waals surface area contributed by atoms with Crippen LogP contribution in [0.1, 0.15) is 46.1 Å². The van der Waals surface area contributed by atoms with Crippen molar-refractivity contribution in [2.75, 3.05) is 11.9 Å². The summed E-state index contributed by atoms with van der Waals surface area (Å²) in [5, 5.41) is 10.8. The first-order valence-electron chi connectivity index (χ1n) is 11.8. The predicted molar refractivity (Wildman–Crippen MR) is 132 cm³/mol. The summed E-state index contributed by atoms with van der Waals surface area (Å²) < 4.78 is 1.69. The van der Waals surface area contributed by atoms with Gasteiger partial charge in [0.05, 0.1) is 29.7 Å². The fourth-order valence-corrected chi connectivity index (χ4v) is 4.46. The molecular formula is C26H23N7O3. The monoisotopic (exact) mass is 481 g/mol. The number of anilines is 1. The van der Waals surface area contributed by atoms with Gasteiger partial charge in [-0.25, -0.2) is 14.8 Å². The Morgan fingerprint density at radius 2 is 2.00 bits per heavy atom. The van der Waals surface area contributed by atoms with Crippen molar-refractivity contribution in [3.63, 3.8) is 0 Å². The van der Waals surface area contributed by atoms with E-state index in [1.54, 1.807) is 29.1 Å². The first-order valence-corrected chi connectivity index (χ1v) is 11.8. The molecule has 2 N–H and O–H groups in total. The van der Waals surface area contributed by atoms with Crippen LogP contribution in [0.25, 0.3) is 16.9 Å². The molecule has 0 atom stereocenters. The van der Waals surface area contributed by atoms with Crippen LogP contribution in [-0.2, 0) is 11.3 Å². The Bertz CT molecular complexity index is 1510. The first-order chi connectivity index (χ1) is 17.5. The molecule has 1 aliphatic carbocycles. The number of benzene rings is 1. The summed E-state index contributed by atoms with van der Waals surface area (Å²) in [5.41, 5.74) is 3.96. The smallest absolute Gasteiger partial charge is 0.324 e. The van der Waals surface area contributed by atoms with Gasteiger partial charge in [0.1, 0.15) is 0 Å². The Hall–Kier alpha value is -4.60. The van der Waals surface area contributed by atoms with E-state index in [0.29, 0.717) is 39.7 Å². The van der Waals surface area contributed by atoms with Crippen molar-refractivity contribution in [1.82, 2.24) is 30.0 Å². The summed E-state index contributed by atoms with van der Waals surface area (Å²) in [6.45, 7) is 1.99. The second kappa shape index (κ2) is 8.56. The summed E-state index contributed by atoms with van der Waals surface area (Å²) in [6.07, 6.45) is 3.78. The van der Waals surface area contributed by atoms with E-state index in [0.717, 1.165) is 29.0 Å². The third-order valence-corrected chi connectivity index (χ3v) is 6.40. The van der Waals surface area contributed by atoms with E-state index in [4.69, 9.17) is 4.98 Å². The van der Waals surface area contributed by atoms with E-state index in [9.17, 15) is 14.4 Å². The van der Waals surface area contributed by atoms with Gasteiger partial charge in [-0.2, -0.15) is 9.78 Å². The number of hydrogen-bond donors (Lipinski definition) is 2. The summed E-state index contributed by atoms with van der Waals surface area (Å²) in [5.74, 6) is 0.415. The number of amides is 4. The van der Waals surface area contributed by atoms with E-state index in [1.165, 1.54) is 0 Å². The van der Waals surface area contributed by atoms with Crippen LogP contribution in [0.3, 0.4) is 0 Å². The third-order valence-electron chi connectivity index (χ3n) is 6.40. The number of carbonyl (C=O) groups is 3. The topological polar surface area (TPSA) is 122 Å². The van der Waals surface area contributed by atoms with Gasteiger partial charge in [-0.15, -0.1) is 0 Å².